The number of piperidine rings is 1. The summed E-state index contributed by atoms with van der Waals surface area (Å²) in [6.07, 6.45) is 3.09. The van der Waals surface area contributed by atoms with Crippen LogP contribution in [0.4, 0.5) is 16.0 Å². The van der Waals surface area contributed by atoms with E-state index in [4.69, 9.17) is 11.6 Å². The third kappa shape index (κ3) is 3.82. The van der Waals surface area contributed by atoms with E-state index in [2.05, 4.69) is 20.2 Å². The van der Waals surface area contributed by atoms with Gasteiger partial charge in [0.05, 0.1) is 5.69 Å². The number of nitrogens with one attached hydrogen (secondary N) is 1. The Morgan fingerprint density at radius 1 is 1.33 bits per heavy atom. The Morgan fingerprint density at radius 3 is 2.75 bits per heavy atom. The molecule has 7 heteroatoms. The van der Waals surface area contributed by atoms with Crippen LogP contribution in [0.3, 0.4) is 0 Å². The van der Waals surface area contributed by atoms with Crippen molar-refractivity contribution in [3.63, 3.8) is 0 Å². The zero-order valence-corrected chi connectivity index (χ0v) is 14.1. The molecule has 1 aliphatic heterocycles. The first-order valence-electron chi connectivity index (χ1n) is 7.83. The smallest absolute Gasteiger partial charge is 0.227 e. The van der Waals surface area contributed by atoms with E-state index in [9.17, 15) is 9.18 Å². The van der Waals surface area contributed by atoms with E-state index in [0.29, 0.717) is 36.9 Å². The summed E-state index contributed by atoms with van der Waals surface area (Å²) in [5, 5.41) is 2.95. The van der Waals surface area contributed by atoms with Crippen LogP contribution in [0.5, 0.6) is 0 Å². The Balaban J connectivity index is 1.59. The van der Waals surface area contributed by atoms with E-state index < -0.39 is 5.82 Å². The van der Waals surface area contributed by atoms with Crippen LogP contribution in [0.15, 0.2) is 30.5 Å². The van der Waals surface area contributed by atoms with Gasteiger partial charge in [-0.2, -0.15) is 0 Å². The number of aryl methyl sites for hydroxylation is 1. The molecule has 2 heterocycles. The lowest BCUT2D eigenvalue weighted by Gasteiger charge is -2.31. The fourth-order valence-corrected chi connectivity index (χ4v) is 2.91. The standard InChI is InChI=1S/C17H18ClFN4O/c1-11-4-7-20-17(21-11)23-8-5-12(6-9-23)16(24)22-15-3-2-13(18)10-14(15)19/h2-4,7,10,12H,5-6,8-9H2,1H3,(H,22,24). The maximum Gasteiger partial charge on any atom is 0.227 e. The molecular weight excluding hydrogens is 331 g/mol. The first kappa shape index (κ1) is 16.6. The molecule has 1 saturated heterocycles. The lowest BCUT2D eigenvalue weighted by molar-refractivity contribution is -0.120. The van der Waals surface area contributed by atoms with Crippen molar-refractivity contribution >= 4 is 29.1 Å². The largest absolute Gasteiger partial charge is 0.341 e. The molecule has 0 bridgehead atoms. The minimum atomic E-state index is -0.526. The van der Waals surface area contributed by atoms with Gasteiger partial charge in [-0.05, 0) is 44.0 Å². The topological polar surface area (TPSA) is 58.1 Å². The Bertz CT molecular complexity index is 747. The summed E-state index contributed by atoms with van der Waals surface area (Å²) in [4.78, 5) is 23.1. The number of rotatable bonds is 3. The zero-order valence-electron chi connectivity index (χ0n) is 13.3. The van der Waals surface area contributed by atoms with E-state index in [1.807, 2.05) is 13.0 Å². The number of carbonyl (C=O) groups is 1. The summed E-state index contributed by atoms with van der Waals surface area (Å²) in [5.41, 5.74) is 1.08. The van der Waals surface area contributed by atoms with Crippen molar-refractivity contribution in [2.24, 2.45) is 5.92 Å². The van der Waals surface area contributed by atoms with Crippen molar-refractivity contribution in [3.8, 4) is 0 Å². The number of anilines is 2. The fraction of sp³-hybridized carbons (Fsp3) is 0.353. The van der Waals surface area contributed by atoms with Gasteiger partial charge in [0, 0.05) is 35.9 Å². The lowest BCUT2D eigenvalue weighted by atomic mass is 9.96. The van der Waals surface area contributed by atoms with Gasteiger partial charge in [0.25, 0.3) is 0 Å². The molecule has 5 nitrogen and oxygen atoms in total. The number of carbonyl (C=O) groups excluding carboxylic acids is 1. The molecule has 1 N–H and O–H groups in total. The third-order valence-corrected chi connectivity index (χ3v) is 4.35. The maximum absolute atomic E-state index is 13.8. The molecule has 0 spiro atoms. The number of aromatic nitrogens is 2. The minimum absolute atomic E-state index is 0.152. The van der Waals surface area contributed by atoms with Crippen LogP contribution in [-0.2, 0) is 4.79 Å². The Labute approximate surface area is 144 Å². The van der Waals surface area contributed by atoms with Crippen molar-refractivity contribution in [2.75, 3.05) is 23.3 Å². The summed E-state index contributed by atoms with van der Waals surface area (Å²) in [6.45, 7) is 3.32. The highest BCUT2D eigenvalue weighted by Gasteiger charge is 2.26. The van der Waals surface area contributed by atoms with Gasteiger partial charge in [0.1, 0.15) is 5.82 Å². The molecule has 0 unspecified atom stereocenters. The molecule has 1 aromatic carbocycles. The third-order valence-electron chi connectivity index (χ3n) is 4.12. The number of benzene rings is 1. The molecule has 0 aliphatic carbocycles. The van der Waals surface area contributed by atoms with Crippen molar-refractivity contribution in [1.29, 1.82) is 0 Å². The van der Waals surface area contributed by atoms with Gasteiger partial charge >= 0.3 is 0 Å². The molecule has 0 radical (unpaired) electrons. The van der Waals surface area contributed by atoms with E-state index in [1.165, 1.54) is 12.1 Å². The van der Waals surface area contributed by atoms with E-state index in [1.54, 1.807) is 12.3 Å². The Hall–Kier alpha value is -2.21. The van der Waals surface area contributed by atoms with E-state index in [0.717, 1.165) is 5.69 Å². The molecule has 0 saturated carbocycles. The number of hydrogen-bond acceptors (Lipinski definition) is 4. The van der Waals surface area contributed by atoms with Crippen LogP contribution >= 0.6 is 11.6 Å². The van der Waals surface area contributed by atoms with Gasteiger partial charge in [-0.1, -0.05) is 11.6 Å². The zero-order chi connectivity index (χ0) is 17.1. The first-order valence-corrected chi connectivity index (χ1v) is 8.21. The van der Waals surface area contributed by atoms with Crippen molar-refractivity contribution in [3.05, 3.63) is 47.0 Å². The first-order chi connectivity index (χ1) is 11.5. The van der Waals surface area contributed by atoms with Gasteiger partial charge in [0.2, 0.25) is 11.9 Å². The lowest BCUT2D eigenvalue weighted by Crippen LogP contribution is -2.39. The number of hydrogen-bond donors (Lipinski definition) is 1. The van der Waals surface area contributed by atoms with Crippen LogP contribution in [0, 0.1) is 18.7 Å². The maximum atomic E-state index is 13.8. The number of halogens is 2. The molecule has 1 fully saturated rings. The van der Waals surface area contributed by atoms with Crippen LogP contribution in [0.2, 0.25) is 5.02 Å². The number of amides is 1. The second-order valence-corrected chi connectivity index (χ2v) is 6.31. The fourth-order valence-electron chi connectivity index (χ4n) is 2.76. The molecule has 126 valence electrons. The van der Waals surface area contributed by atoms with E-state index >= 15 is 0 Å². The second kappa shape index (κ2) is 7.13. The van der Waals surface area contributed by atoms with Crippen LogP contribution in [0.25, 0.3) is 0 Å². The highest BCUT2D eigenvalue weighted by atomic mass is 35.5. The van der Waals surface area contributed by atoms with Gasteiger partial charge in [-0.15, -0.1) is 0 Å². The van der Waals surface area contributed by atoms with Gasteiger partial charge < -0.3 is 10.2 Å². The molecule has 0 atom stereocenters. The number of nitrogens with zero attached hydrogens (tertiary/aromatic N) is 3. The van der Waals surface area contributed by atoms with Gasteiger partial charge in [0.15, 0.2) is 0 Å². The predicted octanol–water partition coefficient (Wildman–Crippen LogP) is 3.43. The van der Waals surface area contributed by atoms with Crippen LogP contribution < -0.4 is 10.2 Å². The summed E-state index contributed by atoms with van der Waals surface area (Å²) < 4.78 is 13.8. The summed E-state index contributed by atoms with van der Waals surface area (Å²) in [5.74, 6) is -0.152. The van der Waals surface area contributed by atoms with Gasteiger partial charge in [-0.25, -0.2) is 14.4 Å². The molecule has 1 aliphatic rings. The molecule has 1 amide bonds. The minimum Gasteiger partial charge on any atom is -0.341 e. The average molecular weight is 349 g/mol. The van der Waals surface area contributed by atoms with Gasteiger partial charge in [-0.3, -0.25) is 4.79 Å². The summed E-state index contributed by atoms with van der Waals surface area (Å²) in [7, 11) is 0. The highest BCUT2D eigenvalue weighted by Crippen LogP contribution is 2.24. The quantitative estimate of drug-likeness (QED) is 0.923. The molecule has 1 aromatic heterocycles. The Morgan fingerprint density at radius 2 is 2.08 bits per heavy atom. The highest BCUT2D eigenvalue weighted by molar-refractivity contribution is 6.30. The average Bonchev–Trinajstić information content (AvgIpc) is 2.57. The normalized spacial score (nSPS) is 15.4. The predicted molar refractivity (Wildman–Crippen MR) is 91.7 cm³/mol. The molecule has 24 heavy (non-hydrogen) atoms. The van der Waals surface area contributed by atoms with Crippen molar-refractivity contribution in [1.82, 2.24) is 9.97 Å². The molecular formula is C17H18ClFN4O. The van der Waals surface area contributed by atoms with Crippen molar-refractivity contribution in [2.45, 2.75) is 19.8 Å². The summed E-state index contributed by atoms with van der Waals surface area (Å²) >= 11 is 5.72. The second-order valence-electron chi connectivity index (χ2n) is 5.87. The monoisotopic (exact) mass is 348 g/mol. The molecule has 2 aromatic rings. The van der Waals surface area contributed by atoms with Crippen LogP contribution in [0.1, 0.15) is 18.5 Å². The SMILES string of the molecule is Cc1ccnc(N2CCC(C(=O)Nc3ccc(Cl)cc3F)CC2)n1. The van der Waals surface area contributed by atoms with E-state index in [-0.39, 0.29) is 17.5 Å². The van der Waals surface area contributed by atoms with Crippen molar-refractivity contribution < 1.29 is 9.18 Å². The van der Waals surface area contributed by atoms with Crippen LogP contribution in [-0.4, -0.2) is 29.0 Å². The summed E-state index contributed by atoms with van der Waals surface area (Å²) in [6, 6.07) is 6.07. The Kier molecular flexibility index (Phi) is 4.94. The molecule has 3 rings (SSSR count).